The topological polar surface area (TPSA) is 57.5 Å². The van der Waals surface area contributed by atoms with Gasteiger partial charge in [-0.15, -0.1) is 0 Å². The van der Waals surface area contributed by atoms with Crippen LogP contribution in [0.4, 0.5) is 0 Å². The highest BCUT2D eigenvalue weighted by Crippen LogP contribution is 2.39. The van der Waals surface area contributed by atoms with Crippen molar-refractivity contribution < 1.29 is 14.7 Å². The molecule has 0 rings (SSSR count). The number of hydrogen-bond acceptors (Lipinski definition) is 2. The summed E-state index contributed by atoms with van der Waals surface area (Å²) >= 11 is 0. The lowest BCUT2D eigenvalue weighted by atomic mass is 10.1. The van der Waals surface area contributed by atoms with Crippen LogP contribution in [0.1, 0.15) is 26.7 Å². The van der Waals surface area contributed by atoms with Crippen LogP contribution in [-0.4, -0.2) is 24.2 Å². The minimum atomic E-state index is -2.18. The van der Waals surface area contributed by atoms with Crippen molar-refractivity contribution in [3.63, 3.8) is 0 Å². The second kappa shape index (κ2) is 4.62. The molecule has 0 unspecified atom stereocenters. The molecule has 0 saturated heterocycles. The van der Waals surface area contributed by atoms with E-state index in [9.17, 15) is 9.59 Å². The summed E-state index contributed by atoms with van der Waals surface area (Å²) in [6.45, 7) is 7.78. The zero-order valence-electron chi connectivity index (χ0n) is 9.22. The van der Waals surface area contributed by atoms with Crippen LogP contribution in [0, 0.1) is 11.8 Å². The first-order valence-electron chi connectivity index (χ1n) is 4.61. The van der Waals surface area contributed by atoms with E-state index in [1.165, 1.54) is 0 Å². The van der Waals surface area contributed by atoms with E-state index in [0.29, 0.717) is 6.42 Å². The molecule has 0 aliphatic rings. The molecule has 0 amide bonds. The van der Waals surface area contributed by atoms with E-state index in [2.05, 4.69) is 11.8 Å². The molecule has 0 aromatic carbocycles. The molecule has 0 fully saturated rings. The van der Waals surface area contributed by atoms with Gasteiger partial charge in [0.25, 0.3) is 0 Å². The van der Waals surface area contributed by atoms with Crippen molar-refractivity contribution in [1.29, 1.82) is 0 Å². The summed E-state index contributed by atoms with van der Waals surface area (Å²) in [5.41, 5.74) is 0. The molecule has 0 aromatic rings. The standard InChI is InChI=1S/C10H18O3Si/c1-10(2,14(3,4)13)8-6-5-7-9(11)12/h13H,6,8H2,1-4H3,(H,11,12). The smallest absolute Gasteiger partial charge is 0.381 e. The van der Waals surface area contributed by atoms with Gasteiger partial charge in [-0.05, 0) is 24.6 Å². The number of carboxylic acid groups (broad SMARTS) is 1. The predicted octanol–water partition coefficient (Wildman–Crippen LogP) is 1.83. The molecule has 3 nitrogen and oxygen atoms in total. The molecule has 0 radical (unpaired) electrons. The van der Waals surface area contributed by atoms with Crippen molar-refractivity contribution >= 4 is 14.3 Å². The Morgan fingerprint density at radius 2 is 1.93 bits per heavy atom. The van der Waals surface area contributed by atoms with Crippen molar-refractivity contribution in [3.05, 3.63) is 0 Å². The van der Waals surface area contributed by atoms with Gasteiger partial charge in [0.05, 0.1) is 0 Å². The minimum absolute atomic E-state index is 0.125. The van der Waals surface area contributed by atoms with Gasteiger partial charge in [0.2, 0.25) is 0 Å². The summed E-state index contributed by atoms with van der Waals surface area (Å²) in [5, 5.41) is 8.16. The maximum Gasteiger partial charge on any atom is 0.381 e. The van der Waals surface area contributed by atoms with Gasteiger partial charge >= 0.3 is 5.97 Å². The quantitative estimate of drug-likeness (QED) is 0.556. The fourth-order valence-corrected chi connectivity index (χ4v) is 1.56. The van der Waals surface area contributed by atoms with E-state index in [0.717, 1.165) is 6.42 Å². The van der Waals surface area contributed by atoms with Gasteiger partial charge in [-0.1, -0.05) is 19.8 Å². The summed E-state index contributed by atoms with van der Waals surface area (Å²) in [7, 11) is -2.18. The molecule has 80 valence electrons. The van der Waals surface area contributed by atoms with Crippen LogP contribution in [0.5, 0.6) is 0 Å². The van der Waals surface area contributed by atoms with E-state index in [4.69, 9.17) is 5.11 Å². The maximum atomic E-state index is 10.1. The van der Waals surface area contributed by atoms with Crippen molar-refractivity contribution in [3.8, 4) is 11.8 Å². The van der Waals surface area contributed by atoms with Crippen LogP contribution < -0.4 is 0 Å². The molecule has 0 atom stereocenters. The molecular formula is C10H18O3Si. The predicted molar refractivity (Wildman–Crippen MR) is 58.4 cm³/mol. The Kier molecular flexibility index (Phi) is 4.36. The van der Waals surface area contributed by atoms with E-state index in [1.807, 2.05) is 26.9 Å². The fraction of sp³-hybridized carbons (Fsp3) is 0.700. The number of aliphatic carboxylic acids is 1. The summed E-state index contributed by atoms with van der Waals surface area (Å²) in [6, 6.07) is 0. The summed E-state index contributed by atoms with van der Waals surface area (Å²) in [6.07, 6.45) is 1.26. The van der Waals surface area contributed by atoms with Crippen LogP contribution in [0.15, 0.2) is 0 Å². The van der Waals surface area contributed by atoms with Crippen LogP contribution in [0.25, 0.3) is 0 Å². The van der Waals surface area contributed by atoms with Gasteiger partial charge in [-0.2, -0.15) is 0 Å². The summed E-state index contributed by atoms with van der Waals surface area (Å²) < 4.78 is 0. The third kappa shape index (κ3) is 4.45. The Labute approximate surface area is 86.3 Å². The Balaban J connectivity index is 4.16. The van der Waals surface area contributed by atoms with Crippen LogP contribution >= 0.6 is 0 Å². The molecule has 4 heteroatoms. The minimum Gasteiger partial charge on any atom is -0.472 e. The normalized spacial score (nSPS) is 11.8. The van der Waals surface area contributed by atoms with Gasteiger partial charge in [0.15, 0.2) is 8.32 Å². The van der Waals surface area contributed by atoms with Crippen molar-refractivity contribution in [1.82, 2.24) is 0 Å². The van der Waals surface area contributed by atoms with Gasteiger partial charge in [-0.3, -0.25) is 0 Å². The maximum absolute atomic E-state index is 10.1. The summed E-state index contributed by atoms with van der Waals surface area (Å²) in [5.74, 6) is 3.55. The third-order valence-corrected chi connectivity index (χ3v) is 6.29. The second-order valence-electron chi connectivity index (χ2n) is 4.55. The Morgan fingerprint density at radius 1 is 1.43 bits per heavy atom. The number of hydrogen-bond donors (Lipinski definition) is 2. The highest BCUT2D eigenvalue weighted by Gasteiger charge is 2.37. The van der Waals surface area contributed by atoms with Crippen molar-refractivity contribution in [2.45, 2.75) is 44.8 Å². The van der Waals surface area contributed by atoms with Gasteiger partial charge in [-0.25, -0.2) is 4.79 Å². The SMILES string of the molecule is CC(C)(CCC#CC(=O)O)[Si](C)(C)O. The average molecular weight is 214 g/mol. The second-order valence-corrected chi connectivity index (χ2v) is 9.02. The first kappa shape index (κ1) is 13.2. The van der Waals surface area contributed by atoms with E-state index in [-0.39, 0.29) is 5.04 Å². The molecule has 0 aliphatic heterocycles. The van der Waals surface area contributed by atoms with Crippen LogP contribution in [-0.2, 0) is 4.79 Å². The number of carbonyl (C=O) groups is 1. The van der Waals surface area contributed by atoms with E-state index >= 15 is 0 Å². The first-order valence-corrected chi connectivity index (χ1v) is 7.56. The van der Waals surface area contributed by atoms with Crippen molar-refractivity contribution in [2.24, 2.45) is 0 Å². The molecule has 0 heterocycles. The zero-order chi connectivity index (χ0) is 11.4. The summed E-state index contributed by atoms with van der Waals surface area (Å²) in [4.78, 5) is 20.0. The molecule has 0 saturated carbocycles. The molecule has 0 spiro atoms. The molecule has 0 aliphatic carbocycles. The highest BCUT2D eigenvalue weighted by atomic mass is 28.4. The third-order valence-electron chi connectivity index (χ3n) is 2.73. The lowest BCUT2D eigenvalue weighted by molar-refractivity contribution is -0.130. The monoisotopic (exact) mass is 214 g/mol. The van der Waals surface area contributed by atoms with E-state index in [1.54, 1.807) is 0 Å². The first-order chi connectivity index (χ1) is 6.17. The average Bonchev–Trinajstić information content (AvgIpc) is 1.95. The molecule has 0 aromatic heterocycles. The highest BCUT2D eigenvalue weighted by molar-refractivity contribution is 6.72. The fourth-order valence-electron chi connectivity index (χ4n) is 0.819. The number of rotatable bonds is 3. The van der Waals surface area contributed by atoms with Gasteiger partial charge in [0, 0.05) is 12.3 Å². The van der Waals surface area contributed by atoms with Gasteiger partial charge < -0.3 is 9.90 Å². The van der Waals surface area contributed by atoms with Crippen LogP contribution in [0.2, 0.25) is 18.1 Å². The molecule has 14 heavy (non-hydrogen) atoms. The Hall–Kier alpha value is -0.793. The largest absolute Gasteiger partial charge is 0.472 e. The Morgan fingerprint density at radius 3 is 2.29 bits per heavy atom. The zero-order valence-corrected chi connectivity index (χ0v) is 10.2. The van der Waals surface area contributed by atoms with Gasteiger partial charge in [0.1, 0.15) is 0 Å². The Bertz CT molecular complexity index is 265. The van der Waals surface area contributed by atoms with E-state index < -0.39 is 14.3 Å². The van der Waals surface area contributed by atoms with Crippen molar-refractivity contribution in [2.75, 3.05) is 0 Å². The molecular weight excluding hydrogens is 196 g/mol. The number of carboxylic acids is 1. The van der Waals surface area contributed by atoms with Crippen LogP contribution in [0.3, 0.4) is 0 Å². The lowest BCUT2D eigenvalue weighted by Crippen LogP contribution is -2.38. The lowest BCUT2D eigenvalue weighted by Gasteiger charge is -2.34. The molecule has 0 bridgehead atoms. The molecule has 2 N–H and O–H groups in total.